The van der Waals surface area contributed by atoms with Gasteiger partial charge in [0.05, 0.1) is 0 Å². The van der Waals surface area contributed by atoms with Crippen LogP contribution in [-0.2, 0) is 17.6 Å². The van der Waals surface area contributed by atoms with Gasteiger partial charge in [-0.15, -0.1) is 0 Å². The van der Waals surface area contributed by atoms with Crippen molar-refractivity contribution in [3.63, 3.8) is 0 Å². The van der Waals surface area contributed by atoms with Crippen molar-refractivity contribution in [2.75, 3.05) is 5.73 Å². The largest absolute Gasteiger partial charge is 0.399 e. The van der Waals surface area contributed by atoms with Crippen LogP contribution in [0.3, 0.4) is 0 Å². The summed E-state index contributed by atoms with van der Waals surface area (Å²) in [5.74, 6) is 0.120. The van der Waals surface area contributed by atoms with Crippen LogP contribution in [0.15, 0.2) is 46.9 Å². The summed E-state index contributed by atoms with van der Waals surface area (Å²) in [5, 5.41) is 0.607. The first-order chi connectivity index (χ1) is 9.04. The Morgan fingerprint density at radius 3 is 2.63 bits per heavy atom. The Balaban J connectivity index is 2.05. The van der Waals surface area contributed by atoms with Crippen molar-refractivity contribution >= 4 is 39.0 Å². The third-order valence-electron chi connectivity index (χ3n) is 2.76. The fraction of sp³-hybridized carbons (Fsp3) is 0.133. The van der Waals surface area contributed by atoms with Gasteiger partial charge in [-0.1, -0.05) is 45.7 Å². The summed E-state index contributed by atoms with van der Waals surface area (Å²) in [5.41, 5.74) is 8.14. The van der Waals surface area contributed by atoms with Gasteiger partial charge in [-0.05, 0) is 35.4 Å². The van der Waals surface area contributed by atoms with Crippen LogP contribution in [0.4, 0.5) is 5.69 Å². The number of hydrogen-bond acceptors (Lipinski definition) is 2. The Morgan fingerprint density at radius 1 is 1.16 bits per heavy atom. The Bertz CT molecular complexity index is 613. The van der Waals surface area contributed by atoms with Gasteiger partial charge >= 0.3 is 0 Å². The Kier molecular flexibility index (Phi) is 4.61. The third-order valence-corrected chi connectivity index (χ3v) is 3.60. The average molecular weight is 339 g/mol. The van der Waals surface area contributed by atoms with E-state index in [-0.39, 0.29) is 5.78 Å². The molecule has 0 amide bonds. The highest BCUT2D eigenvalue weighted by Crippen LogP contribution is 2.22. The summed E-state index contributed by atoms with van der Waals surface area (Å²) in [6.07, 6.45) is 0.707. The molecule has 98 valence electrons. The number of hydrogen-bond donors (Lipinski definition) is 1. The number of benzene rings is 2. The van der Waals surface area contributed by atoms with E-state index in [2.05, 4.69) is 15.9 Å². The minimum absolute atomic E-state index is 0.120. The lowest BCUT2D eigenvalue weighted by Crippen LogP contribution is -2.07. The van der Waals surface area contributed by atoms with Gasteiger partial charge in [-0.2, -0.15) is 0 Å². The first-order valence-corrected chi connectivity index (χ1v) is 7.02. The quantitative estimate of drug-likeness (QED) is 0.855. The van der Waals surface area contributed by atoms with Crippen molar-refractivity contribution in [2.24, 2.45) is 0 Å². The predicted octanol–water partition coefficient (Wildman–Crippen LogP) is 4.04. The minimum atomic E-state index is 0.120. The Hall–Kier alpha value is -1.32. The second-order valence-corrected chi connectivity index (χ2v) is 5.70. The summed E-state index contributed by atoms with van der Waals surface area (Å²) in [6, 6.07) is 12.9. The number of carbonyl (C=O) groups excluding carboxylic acids is 1. The van der Waals surface area contributed by atoms with Crippen molar-refractivity contribution in [3.8, 4) is 0 Å². The smallest absolute Gasteiger partial charge is 0.141 e. The third kappa shape index (κ3) is 4.08. The number of rotatable bonds is 4. The van der Waals surface area contributed by atoms with E-state index in [1.54, 1.807) is 12.1 Å². The van der Waals surface area contributed by atoms with Crippen molar-refractivity contribution in [1.82, 2.24) is 0 Å². The number of ketones is 1. The van der Waals surface area contributed by atoms with Crippen molar-refractivity contribution < 1.29 is 4.79 Å². The zero-order valence-corrected chi connectivity index (χ0v) is 12.5. The summed E-state index contributed by atoms with van der Waals surface area (Å²) in [6.45, 7) is 0. The summed E-state index contributed by atoms with van der Waals surface area (Å²) < 4.78 is 0.907. The maximum absolute atomic E-state index is 12.0. The van der Waals surface area contributed by atoms with Crippen molar-refractivity contribution in [1.29, 1.82) is 0 Å². The molecule has 0 radical (unpaired) electrons. The molecule has 0 heterocycles. The van der Waals surface area contributed by atoms with E-state index in [9.17, 15) is 4.79 Å². The van der Waals surface area contributed by atoms with E-state index in [0.717, 1.165) is 15.6 Å². The molecule has 0 aliphatic carbocycles. The van der Waals surface area contributed by atoms with Crippen LogP contribution in [0.25, 0.3) is 0 Å². The Morgan fingerprint density at radius 2 is 1.95 bits per heavy atom. The molecule has 2 N–H and O–H groups in total. The number of halogens is 2. The molecule has 2 nitrogen and oxygen atoms in total. The van der Waals surface area contributed by atoms with Gasteiger partial charge in [0.25, 0.3) is 0 Å². The second-order valence-electron chi connectivity index (χ2n) is 4.37. The van der Waals surface area contributed by atoms with Gasteiger partial charge < -0.3 is 5.73 Å². The SMILES string of the molecule is Nc1cccc(CC(=O)Cc2ccc(Br)cc2Cl)c1. The highest BCUT2D eigenvalue weighted by molar-refractivity contribution is 9.10. The van der Waals surface area contributed by atoms with Crippen LogP contribution in [0.5, 0.6) is 0 Å². The highest BCUT2D eigenvalue weighted by atomic mass is 79.9. The Labute approximate surface area is 125 Å². The van der Waals surface area contributed by atoms with E-state index in [4.69, 9.17) is 17.3 Å². The van der Waals surface area contributed by atoms with Crippen LogP contribution in [0.2, 0.25) is 5.02 Å². The van der Waals surface area contributed by atoms with E-state index < -0.39 is 0 Å². The van der Waals surface area contributed by atoms with Crippen LogP contribution in [0, 0.1) is 0 Å². The molecule has 0 atom stereocenters. The van der Waals surface area contributed by atoms with Crippen LogP contribution < -0.4 is 5.73 Å². The molecule has 0 saturated heterocycles. The van der Waals surface area contributed by atoms with Gasteiger partial charge in [0, 0.05) is 28.0 Å². The van der Waals surface area contributed by atoms with Crippen LogP contribution >= 0.6 is 27.5 Å². The molecule has 2 aromatic rings. The molecular formula is C15H13BrClNO. The minimum Gasteiger partial charge on any atom is -0.399 e. The molecule has 2 aromatic carbocycles. The molecular weight excluding hydrogens is 326 g/mol. The van der Waals surface area contributed by atoms with E-state index in [1.165, 1.54) is 0 Å². The zero-order valence-electron chi connectivity index (χ0n) is 10.2. The number of anilines is 1. The molecule has 0 saturated carbocycles. The molecule has 0 aliphatic heterocycles. The predicted molar refractivity (Wildman–Crippen MR) is 82.4 cm³/mol. The topological polar surface area (TPSA) is 43.1 Å². The first-order valence-electron chi connectivity index (χ1n) is 5.84. The van der Waals surface area contributed by atoms with Gasteiger partial charge in [0.1, 0.15) is 5.78 Å². The molecule has 0 aromatic heterocycles. The maximum Gasteiger partial charge on any atom is 0.141 e. The van der Waals surface area contributed by atoms with Crippen LogP contribution in [-0.4, -0.2) is 5.78 Å². The lowest BCUT2D eigenvalue weighted by atomic mass is 10.0. The molecule has 0 unspecified atom stereocenters. The fourth-order valence-electron chi connectivity index (χ4n) is 1.87. The van der Waals surface area contributed by atoms with Gasteiger partial charge in [-0.25, -0.2) is 0 Å². The van der Waals surface area contributed by atoms with E-state index in [1.807, 2.05) is 30.3 Å². The van der Waals surface area contributed by atoms with E-state index >= 15 is 0 Å². The van der Waals surface area contributed by atoms with Crippen molar-refractivity contribution in [3.05, 3.63) is 63.1 Å². The monoisotopic (exact) mass is 337 g/mol. The molecule has 0 aliphatic rings. The number of nitrogens with two attached hydrogens (primary N) is 1. The lowest BCUT2D eigenvalue weighted by molar-refractivity contribution is -0.117. The first kappa shape index (κ1) is 14.1. The average Bonchev–Trinajstić information content (AvgIpc) is 2.33. The number of nitrogen functional groups attached to an aromatic ring is 1. The molecule has 0 spiro atoms. The summed E-state index contributed by atoms with van der Waals surface area (Å²) in [7, 11) is 0. The van der Waals surface area contributed by atoms with E-state index in [0.29, 0.717) is 23.6 Å². The lowest BCUT2D eigenvalue weighted by Gasteiger charge is -2.05. The normalized spacial score (nSPS) is 10.4. The molecule has 19 heavy (non-hydrogen) atoms. The fourth-order valence-corrected chi connectivity index (χ4v) is 2.61. The van der Waals surface area contributed by atoms with Crippen molar-refractivity contribution in [2.45, 2.75) is 12.8 Å². The number of Topliss-reactive ketones (excluding diaryl/α,β-unsaturated/α-hetero) is 1. The molecule has 0 fully saturated rings. The standard InChI is InChI=1S/C15H13BrClNO/c16-12-5-4-11(15(17)9-12)8-14(19)7-10-2-1-3-13(18)6-10/h1-6,9H,7-8,18H2. The maximum atomic E-state index is 12.0. The second kappa shape index (κ2) is 6.22. The zero-order chi connectivity index (χ0) is 13.8. The van der Waals surface area contributed by atoms with Crippen LogP contribution in [0.1, 0.15) is 11.1 Å². The van der Waals surface area contributed by atoms with Gasteiger partial charge in [0.15, 0.2) is 0 Å². The molecule has 0 bridgehead atoms. The summed E-state index contributed by atoms with van der Waals surface area (Å²) >= 11 is 9.44. The van der Waals surface area contributed by atoms with Gasteiger partial charge in [-0.3, -0.25) is 4.79 Å². The summed E-state index contributed by atoms with van der Waals surface area (Å²) in [4.78, 5) is 12.0. The van der Waals surface area contributed by atoms with Gasteiger partial charge in [0.2, 0.25) is 0 Å². The molecule has 4 heteroatoms. The highest BCUT2D eigenvalue weighted by Gasteiger charge is 2.08. The number of carbonyl (C=O) groups is 1. The molecule has 2 rings (SSSR count).